The Kier molecular flexibility index (Phi) is 6.10. The van der Waals surface area contributed by atoms with Crippen LogP contribution in [0.4, 0.5) is 0 Å². The Labute approximate surface area is 131 Å². The van der Waals surface area contributed by atoms with E-state index >= 15 is 0 Å². The molecule has 0 amide bonds. The van der Waals surface area contributed by atoms with E-state index in [0.29, 0.717) is 4.47 Å². The van der Waals surface area contributed by atoms with Gasteiger partial charge < -0.3 is 5.11 Å². The number of aliphatic hydroxyl groups excluding tert-OH is 1. The molecular weight excluding hydrogens is 377 g/mol. The van der Waals surface area contributed by atoms with Gasteiger partial charge in [0.25, 0.3) is 0 Å². The smallest absolute Gasteiger partial charge is 0.243 e. The van der Waals surface area contributed by atoms with Crippen LogP contribution in [0.15, 0.2) is 21.5 Å². The van der Waals surface area contributed by atoms with Crippen LogP contribution in [0.1, 0.15) is 13.8 Å². The van der Waals surface area contributed by atoms with Gasteiger partial charge in [-0.25, -0.2) is 13.1 Å². The van der Waals surface area contributed by atoms with E-state index in [9.17, 15) is 8.42 Å². The van der Waals surface area contributed by atoms with Gasteiger partial charge in [-0.15, -0.1) is 0 Å². The van der Waals surface area contributed by atoms with Crippen molar-refractivity contribution in [1.29, 1.82) is 0 Å². The minimum atomic E-state index is -3.84. The predicted octanol–water partition coefficient (Wildman–Crippen LogP) is 3.05. The van der Waals surface area contributed by atoms with Gasteiger partial charge in [-0.05, 0) is 25.0 Å². The fourth-order valence-corrected chi connectivity index (χ4v) is 4.65. The summed E-state index contributed by atoms with van der Waals surface area (Å²) in [6, 6.07) is 2.48. The van der Waals surface area contributed by atoms with E-state index in [4.69, 9.17) is 28.3 Å². The van der Waals surface area contributed by atoms with Gasteiger partial charge in [0.1, 0.15) is 4.90 Å². The van der Waals surface area contributed by atoms with E-state index in [0.717, 1.165) is 0 Å². The summed E-state index contributed by atoms with van der Waals surface area (Å²) in [4.78, 5) is -0.156. The maximum atomic E-state index is 12.2. The Bertz CT molecular complexity index is 542. The van der Waals surface area contributed by atoms with Crippen molar-refractivity contribution in [3.05, 3.63) is 26.7 Å². The number of rotatable bonds is 5. The molecular formula is C11H14BrCl2NO3S. The van der Waals surface area contributed by atoms with Crippen LogP contribution in [0.2, 0.25) is 10.0 Å². The molecule has 0 heterocycles. The molecule has 0 aliphatic carbocycles. The average molecular weight is 391 g/mol. The van der Waals surface area contributed by atoms with Crippen molar-refractivity contribution in [1.82, 2.24) is 4.72 Å². The van der Waals surface area contributed by atoms with Crippen molar-refractivity contribution in [2.75, 3.05) is 6.61 Å². The van der Waals surface area contributed by atoms with Crippen molar-refractivity contribution in [2.24, 2.45) is 5.92 Å². The molecule has 0 aliphatic rings. The Hall–Kier alpha value is 0.150. The second-order valence-corrected chi connectivity index (χ2v) is 7.65. The Morgan fingerprint density at radius 3 is 2.21 bits per heavy atom. The normalized spacial score (nSPS) is 15.3. The van der Waals surface area contributed by atoms with Crippen molar-refractivity contribution < 1.29 is 13.5 Å². The first-order chi connectivity index (χ1) is 8.69. The molecule has 1 aromatic rings. The summed E-state index contributed by atoms with van der Waals surface area (Å²) in [5.74, 6) is -0.220. The van der Waals surface area contributed by atoms with Crippen molar-refractivity contribution in [3.63, 3.8) is 0 Å². The highest BCUT2D eigenvalue weighted by Crippen LogP contribution is 2.32. The Balaban J connectivity index is 3.15. The maximum Gasteiger partial charge on any atom is 0.243 e. The summed E-state index contributed by atoms with van der Waals surface area (Å²) in [7, 11) is -3.84. The lowest BCUT2D eigenvalue weighted by Gasteiger charge is -2.20. The molecule has 8 heteroatoms. The fourth-order valence-electron chi connectivity index (χ4n) is 1.36. The van der Waals surface area contributed by atoms with Gasteiger partial charge in [-0.2, -0.15) is 0 Å². The van der Waals surface area contributed by atoms with E-state index in [1.54, 1.807) is 13.8 Å². The number of hydrogen-bond donors (Lipinski definition) is 2. The Morgan fingerprint density at radius 2 is 1.79 bits per heavy atom. The van der Waals surface area contributed by atoms with Crippen LogP contribution in [0, 0.1) is 5.92 Å². The molecule has 0 aromatic heterocycles. The number of aliphatic hydroxyl groups is 1. The topological polar surface area (TPSA) is 66.4 Å². The molecule has 4 nitrogen and oxygen atoms in total. The first-order valence-corrected chi connectivity index (χ1v) is 8.50. The summed E-state index contributed by atoms with van der Waals surface area (Å²) >= 11 is 15.0. The van der Waals surface area contributed by atoms with Crippen molar-refractivity contribution >= 4 is 49.2 Å². The molecule has 1 rings (SSSR count). The minimum absolute atomic E-state index is 0.0377. The highest BCUT2D eigenvalue weighted by Gasteiger charge is 2.25. The molecule has 2 atom stereocenters. The molecule has 0 saturated heterocycles. The molecule has 0 fully saturated rings. The lowest BCUT2D eigenvalue weighted by molar-refractivity contribution is 0.216. The van der Waals surface area contributed by atoms with Gasteiger partial charge in [0, 0.05) is 17.1 Å². The molecule has 0 spiro atoms. The van der Waals surface area contributed by atoms with E-state index < -0.39 is 16.1 Å². The van der Waals surface area contributed by atoms with Crippen LogP contribution >= 0.6 is 39.1 Å². The van der Waals surface area contributed by atoms with Gasteiger partial charge in [-0.3, -0.25) is 0 Å². The quantitative estimate of drug-likeness (QED) is 0.811. The number of nitrogens with one attached hydrogen (secondary N) is 1. The lowest BCUT2D eigenvalue weighted by atomic mass is 10.1. The van der Waals surface area contributed by atoms with Crippen LogP contribution in [-0.2, 0) is 10.0 Å². The van der Waals surface area contributed by atoms with Gasteiger partial charge >= 0.3 is 0 Å². The number of hydrogen-bond acceptors (Lipinski definition) is 3. The van der Waals surface area contributed by atoms with Crippen LogP contribution in [0.3, 0.4) is 0 Å². The van der Waals surface area contributed by atoms with Gasteiger partial charge in [0.2, 0.25) is 10.0 Å². The van der Waals surface area contributed by atoms with Gasteiger partial charge in [0.05, 0.1) is 10.0 Å². The summed E-state index contributed by atoms with van der Waals surface area (Å²) in [6.45, 7) is 3.28. The Morgan fingerprint density at radius 1 is 1.32 bits per heavy atom. The molecule has 0 aliphatic heterocycles. The molecule has 0 saturated carbocycles. The summed E-state index contributed by atoms with van der Waals surface area (Å²) in [5, 5.41) is 9.10. The predicted molar refractivity (Wildman–Crippen MR) is 80.2 cm³/mol. The minimum Gasteiger partial charge on any atom is -0.396 e. The third-order valence-corrected chi connectivity index (χ3v) is 5.65. The molecule has 2 unspecified atom stereocenters. The summed E-state index contributed by atoms with van der Waals surface area (Å²) in [5.41, 5.74) is 0. The second kappa shape index (κ2) is 6.74. The fraction of sp³-hybridized carbons (Fsp3) is 0.455. The number of halogens is 3. The molecule has 19 heavy (non-hydrogen) atoms. The van der Waals surface area contributed by atoms with Gasteiger partial charge in [0.15, 0.2) is 0 Å². The SMILES string of the molecule is CC(CO)C(C)NS(=O)(=O)c1c(Cl)cc(Br)cc1Cl. The molecule has 0 bridgehead atoms. The first-order valence-electron chi connectivity index (χ1n) is 5.46. The van der Waals surface area contributed by atoms with E-state index in [2.05, 4.69) is 20.7 Å². The zero-order valence-electron chi connectivity index (χ0n) is 10.3. The van der Waals surface area contributed by atoms with Crippen LogP contribution in [0.5, 0.6) is 0 Å². The average Bonchev–Trinajstić information content (AvgIpc) is 2.24. The summed E-state index contributed by atoms with van der Waals surface area (Å²) < 4.78 is 27.5. The van der Waals surface area contributed by atoms with E-state index in [1.807, 2.05) is 0 Å². The zero-order valence-corrected chi connectivity index (χ0v) is 14.2. The van der Waals surface area contributed by atoms with E-state index in [1.165, 1.54) is 12.1 Å². The van der Waals surface area contributed by atoms with Crippen LogP contribution < -0.4 is 4.72 Å². The number of benzene rings is 1. The molecule has 2 N–H and O–H groups in total. The zero-order chi connectivity index (χ0) is 14.8. The van der Waals surface area contributed by atoms with Crippen LogP contribution in [-0.4, -0.2) is 26.2 Å². The first kappa shape index (κ1) is 17.2. The standard InChI is InChI=1S/C11H14BrCl2NO3S/c1-6(5-16)7(2)15-19(17,18)11-9(13)3-8(12)4-10(11)14/h3-4,6-7,15-16H,5H2,1-2H3. The molecule has 1 aromatic carbocycles. The third-order valence-electron chi connectivity index (χ3n) is 2.71. The largest absolute Gasteiger partial charge is 0.396 e. The van der Waals surface area contributed by atoms with Crippen molar-refractivity contribution in [3.8, 4) is 0 Å². The molecule has 108 valence electrons. The van der Waals surface area contributed by atoms with Crippen molar-refractivity contribution in [2.45, 2.75) is 24.8 Å². The third kappa shape index (κ3) is 4.31. The number of sulfonamides is 1. The highest BCUT2D eigenvalue weighted by molar-refractivity contribution is 9.10. The monoisotopic (exact) mass is 389 g/mol. The highest BCUT2D eigenvalue weighted by atomic mass is 79.9. The lowest BCUT2D eigenvalue weighted by Crippen LogP contribution is -2.38. The molecule has 0 radical (unpaired) electrons. The maximum absolute atomic E-state index is 12.2. The van der Waals surface area contributed by atoms with Crippen LogP contribution in [0.25, 0.3) is 0 Å². The second-order valence-electron chi connectivity index (χ2n) is 4.27. The van der Waals surface area contributed by atoms with E-state index in [-0.39, 0.29) is 27.5 Å². The summed E-state index contributed by atoms with van der Waals surface area (Å²) in [6.07, 6.45) is 0. The van der Waals surface area contributed by atoms with Gasteiger partial charge in [-0.1, -0.05) is 46.1 Å².